The third-order valence-electron chi connectivity index (χ3n) is 4.04. The molecule has 0 spiro atoms. The number of carbonyl (C=O) groups excluding carboxylic acids is 1. The summed E-state index contributed by atoms with van der Waals surface area (Å²) in [5.41, 5.74) is 0.695. The molecule has 0 N–H and O–H groups in total. The zero-order valence-electron chi connectivity index (χ0n) is 11.4. The molecule has 0 amide bonds. The number of aryl methyl sites for hydroxylation is 1. The first kappa shape index (κ1) is 13.6. The molecule has 0 saturated heterocycles. The van der Waals surface area contributed by atoms with Crippen LogP contribution in [0, 0.1) is 11.3 Å². The molecule has 0 bridgehead atoms. The van der Waals surface area contributed by atoms with Gasteiger partial charge < -0.3 is 0 Å². The molecule has 2 rings (SSSR count). The highest BCUT2D eigenvalue weighted by Gasteiger charge is 2.41. The zero-order chi connectivity index (χ0) is 13.3. The summed E-state index contributed by atoms with van der Waals surface area (Å²) in [4.78, 5) is 12.7. The summed E-state index contributed by atoms with van der Waals surface area (Å²) in [7, 11) is 0. The van der Waals surface area contributed by atoms with Gasteiger partial charge in [-0.2, -0.15) is 5.10 Å². The normalized spacial score (nSPS) is 22.3. The number of aromatic nitrogens is 2. The average Bonchev–Trinajstić information content (AvgIpc) is 2.82. The maximum absolute atomic E-state index is 12.7. The van der Waals surface area contributed by atoms with Gasteiger partial charge in [0.05, 0.1) is 11.2 Å². The third-order valence-corrected chi connectivity index (χ3v) is 4.31. The molecule has 0 radical (unpaired) electrons. The van der Waals surface area contributed by atoms with Gasteiger partial charge in [0.25, 0.3) is 0 Å². The molecular weight excluding hydrogens is 248 g/mol. The Balaban J connectivity index is 2.31. The van der Waals surface area contributed by atoms with Crippen LogP contribution in [0.4, 0.5) is 0 Å². The minimum atomic E-state index is 0.0850. The van der Waals surface area contributed by atoms with Gasteiger partial charge in [0.1, 0.15) is 5.69 Å². The Bertz CT molecular complexity index is 451. The lowest BCUT2D eigenvalue weighted by atomic mass is 9.78. The predicted molar refractivity (Wildman–Crippen MR) is 73.0 cm³/mol. The Morgan fingerprint density at radius 1 is 1.61 bits per heavy atom. The second kappa shape index (κ2) is 5.04. The fraction of sp³-hybridized carbons (Fsp3) is 0.714. The van der Waals surface area contributed by atoms with Gasteiger partial charge in [-0.1, -0.05) is 38.8 Å². The monoisotopic (exact) mass is 268 g/mol. The van der Waals surface area contributed by atoms with Gasteiger partial charge in [-0.3, -0.25) is 9.48 Å². The lowest BCUT2D eigenvalue weighted by Gasteiger charge is -2.25. The second-order valence-electron chi connectivity index (χ2n) is 5.86. The maximum Gasteiger partial charge on any atom is 0.185 e. The molecule has 100 valence electrons. The predicted octanol–water partition coefficient (Wildman–Crippen LogP) is 3.96. The summed E-state index contributed by atoms with van der Waals surface area (Å²) in [5, 5.41) is 4.71. The van der Waals surface area contributed by atoms with Crippen LogP contribution in [0.5, 0.6) is 0 Å². The van der Waals surface area contributed by atoms with Gasteiger partial charge in [-0.15, -0.1) is 0 Å². The minimum absolute atomic E-state index is 0.0850. The Hall–Kier alpha value is -0.830. The molecule has 1 unspecified atom stereocenters. The van der Waals surface area contributed by atoms with E-state index >= 15 is 0 Å². The van der Waals surface area contributed by atoms with Gasteiger partial charge in [0.15, 0.2) is 5.78 Å². The van der Waals surface area contributed by atoms with E-state index in [1.807, 2.05) is 0 Å². The fourth-order valence-corrected chi connectivity index (χ4v) is 3.20. The molecule has 1 aliphatic carbocycles. The van der Waals surface area contributed by atoms with E-state index in [-0.39, 0.29) is 17.1 Å². The van der Waals surface area contributed by atoms with Crippen LogP contribution in [0.2, 0.25) is 5.02 Å². The van der Waals surface area contributed by atoms with Crippen molar-refractivity contribution in [3.8, 4) is 0 Å². The highest BCUT2D eigenvalue weighted by Crippen LogP contribution is 2.44. The van der Waals surface area contributed by atoms with E-state index in [0.717, 1.165) is 32.2 Å². The summed E-state index contributed by atoms with van der Waals surface area (Å²) < 4.78 is 1.76. The van der Waals surface area contributed by atoms with Crippen molar-refractivity contribution in [2.24, 2.45) is 11.3 Å². The van der Waals surface area contributed by atoms with E-state index in [9.17, 15) is 4.79 Å². The largest absolute Gasteiger partial charge is 0.292 e. The fourth-order valence-electron chi connectivity index (χ4n) is 2.97. The summed E-state index contributed by atoms with van der Waals surface area (Å²) in [6, 6.07) is 0. The van der Waals surface area contributed by atoms with Crippen LogP contribution in [0.1, 0.15) is 56.9 Å². The number of hydrogen-bond donors (Lipinski definition) is 0. The molecule has 18 heavy (non-hydrogen) atoms. The molecule has 1 aromatic rings. The van der Waals surface area contributed by atoms with Crippen molar-refractivity contribution in [2.45, 2.75) is 53.0 Å². The highest BCUT2D eigenvalue weighted by molar-refractivity contribution is 6.33. The molecule has 1 aromatic heterocycles. The molecule has 0 aliphatic heterocycles. The van der Waals surface area contributed by atoms with E-state index in [1.54, 1.807) is 10.9 Å². The summed E-state index contributed by atoms with van der Waals surface area (Å²) in [5.74, 6) is 0.260. The second-order valence-corrected chi connectivity index (χ2v) is 6.27. The Morgan fingerprint density at radius 2 is 2.33 bits per heavy atom. The van der Waals surface area contributed by atoms with Gasteiger partial charge in [-0.25, -0.2) is 0 Å². The number of Topliss-reactive ketones (excluding diaryl/α,β-unsaturated/α-hetero) is 1. The molecular formula is C14H21ClN2O. The lowest BCUT2D eigenvalue weighted by molar-refractivity contribution is 0.0827. The minimum Gasteiger partial charge on any atom is -0.292 e. The van der Waals surface area contributed by atoms with E-state index in [0.29, 0.717) is 10.7 Å². The summed E-state index contributed by atoms with van der Waals surface area (Å²) in [6.45, 7) is 7.18. The van der Waals surface area contributed by atoms with Crippen molar-refractivity contribution in [1.82, 2.24) is 9.78 Å². The molecule has 1 atom stereocenters. The van der Waals surface area contributed by atoms with Crippen molar-refractivity contribution in [3.63, 3.8) is 0 Å². The highest BCUT2D eigenvalue weighted by atomic mass is 35.5. The summed E-state index contributed by atoms with van der Waals surface area (Å²) in [6.07, 6.45) is 5.75. The quantitative estimate of drug-likeness (QED) is 0.775. The van der Waals surface area contributed by atoms with Crippen LogP contribution in [0.3, 0.4) is 0 Å². The van der Waals surface area contributed by atoms with Crippen LogP contribution in [0.25, 0.3) is 0 Å². The smallest absolute Gasteiger partial charge is 0.185 e. The van der Waals surface area contributed by atoms with E-state index in [1.165, 1.54) is 0 Å². The molecule has 1 heterocycles. The molecule has 4 heteroatoms. The average molecular weight is 269 g/mol. The van der Waals surface area contributed by atoms with E-state index in [2.05, 4.69) is 25.9 Å². The Morgan fingerprint density at radius 3 is 2.89 bits per heavy atom. The molecule has 0 aromatic carbocycles. The van der Waals surface area contributed by atoms with Crippen LogP contribution < -0.4 is 0 Å². The number of carbonyl (C=O) groups is 1. The molecule has 1 fully saturated rings. The van der Waals surface area contributed by atoms with Crippen molar-refractivity contribution in [2.75, 3.05) is 0 Å². The zero-order valence-corrected chi connectivity index (χ0v) is 12.1. The first-order valence-corrected chi connectivity index (χ1v) is 7.10. The van der Waals surface area contributed by atoms with Crippen molar-refractivity contribution < 1.29 is 4.79 Å². The third kappa shape index (κ3) is 2.33. The SMILES string of the molecule is CCCn1ncc(Cl)c1C(=O)C1CCCC1(C)C. The topological polar surface area (TPSA) is 34.9 Å². The number of nitrogens with zero attached hydrogens (tertiary/aromatic N) is 2. The number of rotatable bonds is 4. The number of ketones is 1. The van der Waals surface area contributed by atoms with Gasteiger partial charge in [0, 0.05) is 12.5 Å². The van der Waals surface area contributed by atoms with Gasteiger partial charge in [0.2, 0.25) is 0 Å². The first-order valence-electron chi connectivity index (χ1n) is 6.73. The molecule has 1 aliphatic rings. The Kier molecular flexibility index (Phi) is 3.81. The Labute approximate surface area is 114 Å². The van der Waals surface area contributed by atoms with Crippen LogP contribution >= 0.6 is 11.6 Å². The van der Waals surface area contributed by atoms with Gasteiger partial charge in [-0.05, 0) is 24.7 Å². The van der Waals surface area contributed by atoms with Crippen molar-refractivity contribution in [3.05, 3.63) is 16.9 Å². The lowest BCUT2D eigenvalue weighted by Crippen LogP contribution is -2.28. The van der Waals surface area contributed by atoms with Gasteiger partial charge >= 0.3 is 0 Å². The molecule has 1 saturated carbocycles. The first-order chi connectivity index (χ1) is 8.47. The van der Waals surface area contributed by atoms with E-state index < -0.39 is 0 Å². The summed E-state index contributed by atoms with van der Waals surface area (Å²) >= 11 is 6.14. The van der Waals surface area contributed by atoms with E-state index in [4.69, 9.17) is 11.6 Å². The van der Waals surface area contributed by atoms with Crippen molar-refractivity contribution >= 4 is 17.4 Å². The van der Waals surface area contributed by atoms with Crippen molar-refractivity contribution in [1.29, 1.82) is 0 Å². The number of halogens is 1. The number of hydrogen-bond acceptors (Lipinski definition) is 2. The standard InChI is InChI=1S/C14H21ClN2O/c1-4-8-17-12(11(15)9-16-17)13(18)10-6-5-7-14(10,2)3/h9-10H,4-8H2,1-3H3. The van der Waals surface area contributed by atoms with Crippen LogP contribution in [0.15, 0.2) is 6.20 Å². The van der Waals surface area contributed by atoms with Crippen LogP contribution in [-0.4, -0.2) is 15.6 Å². The molecule has 3 nitrogen and oxygen atoms in total. The maximum atomic E-state index is 12.7. The van der Waals surface area contributed by atoms with Crippen LogP contribution in [-0.2, 0) is 6.54 Å².